The number of carbonyl (C=O) groups is 1. The Labute approximate surface area is 128 Å². The normalized spacial score (nSPS) is 16.4. The summed E-state index contributed by atoms with van der Waals surface area (Å²) < 4.78 is 0. The number of carbonyl (C=O) groups excluding carboxylic acids is 1. The van der Waals surface area contributed by atoms with E-state index >= 15 is 0 Å². The zero-order valence-corrected chi connectivity index (χ0v) is 12.1. The monoisotopic (exact) mass is 294 g/mol. The van der Waals surface area contributed by atoms with E-state index in [4.69, 9.17) is 12.2 Å². The molecule has 4 heteroatoms. The molecule has 21 heavy (non-hydrogen) atoms. The van der Waals surface area contributed by atoms with E-state index in [9.17, 15) is 4.79 Å². The number of nitrogens with zero attached hydrogens (tertiary/aromatic N) is 1. The van der Waals surface area contributed by atoms with Crippen LogP contribution < -0.4 is 5.32 Å². The van der Waals surface area contributed by atoms with Gasteiger partial charge in [0.15, 0.2) is 0 Å². The maximum Gasteiger partial charge on any atom is 0.327 e. The lowest BCUT2D eigenvalue weighted by Crippen LogP contribution is -2.29. The molecule has 1 saturated heterocycles. The minimum absolute atomic E-state index is 0.175. The van der Waals surface area contributed by atoms with Gasteiger partial charge in [0.2, 0.25) is 0 Å². The molecule has 1 aliphatic heterocycles. The van der Waals surface area contributed by atoms with Crippen molar-refractivity contribution >= 4 is 29.3 Å². The summed E-state index contributed by atoms with van der Waals surface area (Å²) in [4.78, 5) is 14.2. The van der Waals surface area contributed by atoms with Crippen molar-refractivity contribution < 1.29 is 4.79 Å². The van der Waals surface area contributed by atoms with E-state index in [1.807, 2.05) is 66.7 Å². The van der Waals surface area contributed by atoms with Crippen LogP contribution in [0.2, 0.25) is 0 Å². The van der Waals surface area contributed by atoms with Gasteiger partial charge in [-0.05, 0) is 17.2 Å². The quantitative estimate of drug-likeness (QED) is 0.693. The third-order valence-electron chi connectivity index (χ3n) is 3.26. The Morgan fingerprint density at radius 2 is 1.62 bits per heavy atom. The molecule has 3 nitrogen and oxygen atoms in total. The maximum atomic E-state index is 12.1. The predicted molar refractivity (Wildman–Crippen MR) is 87.5 cm³/mol. The van der Waals surface area contributed by atoms with Crippen molar-refractivity contribution in [3.63, 3.8) is 0 Å². The minimum Gasteiger partial charge on any atom is -0.305 e. The molecule has 0 atom stereocenters. The first kappa shape index (κ1) is 13.5. The van der Waals surface area contributed by atoms with Gasteiger partial charge >= 0.3 is 6.03 Å². The van der Waals surface area contributed by atoms with Gasteiger partial charge in [0.05, 0.1) is 12.2 Å². The Balaban J connectivity index is 1.81. The first-order valence-corrected chi connectivity index (χ1v) is 7.08. The molecule has 0 radical (unpaired) electrons. The predicted octanol–water partition coefficient (Wildman–Crippen LogP) is 3.58. The maximum absolute atomic E-state index is 12.1. The van der Waals surface area contributed by atoms with Crippen LogP contribution in [0, 0.1) is 0 Å². The smallest absolute Gasteiger partial charge is 0.305 e. The van der Waals surface area contributed by atoms with Gasteiger partial charge in [-0.25, -0.2) is 4.79 Å². The summed E-state index contributed by atoms with van der Waals surface area (Å²) in [6.07, 6.45) is 1.89. The van der Waals surface area contributed by atoms with E-state index in [0.717, 1.165) is 11.1 Å². The van der Waals surface area contributed by atoms with Crippen LogP contribution in [0.1, 0.15) is 11.1 Å². The van der Waals surface area contributed by atoms with Crippen LogP contribution >= 0.6 is 12.2 Å². The third kappa shape index (κ3) is 3.01. The number of amides is 2. The zero-order chi connectivity index (χ0) is 14.7. The number of rotatable bonds is 3. The highest BCUT2D eigenvalue weighted by Crippen LogP contribution is 2.18. The summed E-state index contributed by atoms with van der Waals surface area (Å²) in [5.41, 5.74) is 2.74. The van der Waals surface area contributed by atoms with Crippen molar-refractivity contribution in [2.75, 3.05) is 0 Å². The van der Waals surface area contributed by atoms with Crippen LogP contribution in [0.3, 0.4) is 0 Å². The summed E-state index contributed by atoms with van der Waals surface area (Å²) >= 11 is 5.41. The highest BCUT2D eigenvalue weighted by Gasteiger charge is 2.29. The molecule has 3 rings (SSSR count). The fourth-order valence-electron chi connectivity index (χ4n) is 2.20. The van der Waals surface area contributed by atoms with Gasteiger partial charge in [-0.3, -0.25) is 4.90 Å². The van der Waals surface area contributed by atoms with Crippen LogP contribution in [0.25, 0.3) is 6.08 Å². The van der Waals surface area contributed by atoms with Gasteiger partial charge in [0, 0.05) is 0 Å². The van der Waals surface area contributed by atoms with Gasteiger partial charge in [-0.15, -0.1) is 0 Å². The Hall–Kier alpha value is -2.46. The van der Waals surface area contributed by atoms with Crippen molar-refractivity contribution in [3.05, 3.63) is 77.5 Å². The van der Waals surface area contributed by atoms with E-state index < -0.39 is 0 Å². The standard InChI is InChI=1S/C17H14N2OS/c20-17-18-15(11-13-7-3-1-4-8-13)16(21)19(17)12-14-9-5-2-6-10-14/h1-11H,12H2,(H,18,20). The number of nitrogens with one attached hydrogen (secondary N) is 1. The van der Waals surface area contributed by atoms with Crippen LogP contribution in [0.5, 0.6) is 0 Å². The molecule has 2 aromatic rings. The van der Waals surface area contributed by atoms with Crippen LogP contribution in [-0.4, -0.2) is 15.9 Å². The second-order valence-electron chi connectivity index (χ2n) is 4.78. The second-order valence-corrected chi connectivity index (χ2v) is 5.16. The lowest BCUT2D eigenvalue weighted by Gasteiger charge is -2.13. The molecule has 1 aliphatic rings. The molecule has 104 valence electrons. The van der Waals surface area contributed by atoms with Gasteiger partial charge in [0.25, 0.3) is 0 Å². The minimum atomic E-state index is -0.175. The second kappa shape index (κ2) is 5.89. The Morgan fingerprint density at radius 3 is 2.29 bits per heavy atom. The van der Waals surface area contributed by atoms with Crippen molar-refractivity contribution in [1.29, 1.82) is 0 Å². The molecule has 0 aromatic heterocycles. The largest absolute Gasteiger partial charge is 0.327 e. The number of hydrogen-bond donors (Lipinski definition) is 1. The van der Waals surface area contributed by atoms with E-state index in [1.165, 1.54) is 0 Å². The molecule has 2 aromatic carbocycles. The first-order valence-electron chi connectivity index (χ1n) is 6.67. The molecule has 0 aliphatic carbocycles. The molecule has 1 heterocycles. The highest BCUT2D eigenvalue weighted by molar-refractivity contribution is 7.80. The Morgan fingerprint density at radius 1 is 1.00 bits per heavy atom. The lowest BCUT2D eigenvalue weighted by molar-refractivity contribution is 0.228. The van der Waals surface area contributed by atoms with Crippen LogP contribution in [0.15, 0.2) is 66.4 Å². The van der Waals surface area contributed by atoms with E-state index in [1.54, 1.807) is 4.90 Å². The summed E-state index contributed by atoms with van der Waals surface area (Å²) in [5, 5.41) is 2.83. The number of benzene rings is 2. The molecule has 1 N–H and O–H groups in total. The molecular formula is C17H14N2OS. The average molecular weight is 294 g/mol. The number of urea groups is 1. The fraction of sp³-hybridized carbons (Fsp3) is 0.0588. The lowest BCUT2D eigenvalue weighted by atomic mass is 10.2. The number of thiocarbonyl (C=S) groups is 1. The Bertz CT molecular complexity index is 695. The topological polar surface area (TPSA) is 32.3 Å². The van der Waals surface area contributed by atoms with Crippen LogP contribution in [-0.2, 0) is 6.54 Å². The van der Waals surface area contributed by atoms with E-state index in [0.29, 0.717) is 17.2 Å². The Kier molecular flexibility index (Phi) is 3.79. The van der Waals surface area contributed by atoms with Crippen molar-refractivity contribution in [1.82, 2.24) is 10.2 Å². The van der Waals surface area contributed by atoms with Gasteiger partial charge in [-0.2, -0.15) is 0 Å². The van der Waals surface area contributed by atoms with Gasteiger partial charge in [0.1, 0.15) is 4.99 Å². The SMILES string of the molecule is O=C1NC(=Cc2ccccc2)C(=S)N1Cc1ccccc1. The van der Waals surface area contributed by atoms with Crippen LogP contribution in [0.4, 0.5) is 4.79 Å². The third-order valence-corrected chi connectivity index (χ3v) is 3.70. The summed E-state index contributed by atoms with van der Waals surface area (Å²) in [6, 6.07) is 19.4. The molecule has 0 spiro atoms. The molecular weight excluding hydrogens is 280 g/mol. The van der Waals surface area contributed by atoms with E-state index in [2.05, 4.69) is 5.32 Å². The summed E-state index contributed by atoms with van der Waals surface area (Å²) in [6.45, 7) is 0.484. The molecule has 1 fully saturated rings. The van der Waals surface area contributed by atoms with Gasteiger partial charge < -0.3 is 5.32 Å². The van der Waals surface area contributed by atoms with Gasteiger partial charge in [-0.1, -0.05) is 72.9 Å². The molecule has 0 saturated carbocycles. The summed E-state index contributed by atoms with van der Waals surface area (Å²) in [7, 11) is 0. The van der Waals surface area contributed by atoms with Crippen molar-refractivity contribution in [2.24, 2.45) is 0 Å². The van der Waals surface area contributed by atoms with E-state index in [-0.39, 0.29) is 6.03 Å². The van der Waals surface area contributed by atoms with Crippen molar-refractivity contribution in [2.45, 2.75) is 6.54 Å². The molecule has 0 unspecified atom stereocenters. The van der Waals surface area contributed by atoms with Crippen molar-refractivity contribution in [3.8, 4) is 0 Å². The number of hydrogen-bond acceptors (Lipinski definition) is 2. The first-order chi connectivity index (χ1) is 10.2. The average Bonchev–Trinajstić information content (AvgIpc) is 2.77. The molecule has 2 amide bonds. The molecule has 0 bridgehead atoms. The summed E-state index contributed by atoms with van der Waals surface area (Å²) in [5.74, 6) is 0. The fourth-order valence-corrected chi connectivity index (χ4v) is 2.45. The zero-order valence-electron chi connectivity index (χ0n) is 11.3. The highest BCUT2D eigenvalue weighted by atomic mass is 32.1.